The van der Waals surface area contributed by atoms with Crippen LogP contribution in [0.25, 0.3) is 6.08 Å². The highest BCUT2D eigenvalue weighted by Gasteiger charge is 2.52. The third-order valence-corrected chi connectivity index (χ3v) is 4.50. The lowest BCUT2D eigenvalue weighted by Crippen LogP contribution is -2.41. The van der Waals surface area contributed by atoms with Gasteiger partial charge in [0, 0.05) is 19.8 Å². The zero-order valence-electron chi connectivity index (χ0n) is 14.4. The number of hydrogen-bond acceptors (Lipinski definition) is 4. The van der Waals surface area contributed by atoms with Crippen molar-refractivity contribution in [3.63, 3.8) is 0 Å². The standard InChI is InChI=1S/C17H26BNO3/c1-16(2)17(3,4)22-18(21-16)14(12-20)11-13-7-9-15(10-8-13)19(5)6/h7-11,20H,12H2,1-6H3. The van der Waals surface area contributed by atoms with Gasteiger partial charge < -0.3 is 19.3 Å². The molecule has 22 heavy (non-hydrogen) atoms. The van der Waals surface area contributed by atoms with Crippen LogP contribution < -0.4 is 4.90 Å². The summed E-state index contributed by atoms with van der Waals surface area (Å²) >= 11 is 0. The van der Waals surface area contributed by atoms with E-state index in [2.05, 4.69) is 4.90 Å². The zero-order chi connectivity index (χ0) is 16.5. The van der Waals surface area contributed by atoms with Gasteiger partial charge in [-0.15, -0.1) is 0 Å². The lowest BCUT2D eigenvalue weighted by atomic mass is 9.77. The quantitative estimate of drug-likeness (QED) is 0.869. The maximum absolute atomic E-state index is 9.69. The van der Waals surface area contributed by atoms with Gasteiger partial charge in [-0.3, -0.25) is 0 Å². The van der Waals surface area contributed by atoms with Crippen LogP contribution in [0.4, 0.5) is 5.69 Å². The van der Waals surface area contributed by atoms with E-state index in [-0.39, 0.29) is 6.61 Å². The molecule has 120 valence electrons. The van der Waals surface area contributed by atoms with E-state index in [1.54, 1.807) is 0 Å². The second-order valence-electron chi connectivity index (χ2n) is 6.95. The smallest absolute Gasteiger partial charge is 0.400 e. The Morgan fingerprint density at radius 3 is 2.00 bits per heavy atom. The van der Waals surface area contributed by atoms with Crippen molar-refractivity contribution in [2.24, 2.45) is 0 Å². The molecule has 1 aliphatic heterocycles. The Labute approximate surface area is 133 Å². The largest absolute Gasteiger partial charge is 0.492 e. The molecule has 1 heterocycles. The van der Waals surface area contributed by atoms with Crippen molar-refractivity contribution >= 4 is 18.9 Å². The molecule has 0 unspecified atom stereocenters. The third kappa shape index (κ3) is 3.37. The minimum absolute atomic E-state index is 0.0910. The van der Waals surface area contributed by atoms with Gasteiger partial charge >= 0.3 is 7.12 Å². The van der Waals surface area contributed by atoms with Gasteiger partial charge in [0.05, 0.1) is 17.8 Å². The van der Waals surface area contributed by atoms with Crippen LogP contribution in [0.15, 0.2) is 29.7 Å². The number of aliphatic hydroxyl groups is 1. The molecule has 2 rings (SSSR count). The Kier molecular flexibility index (Phi) is 4.71. The molecule has 1 N–H and O–H groups in total. The summed E-state index contributed by atoms with van der Waals surface area (Å²) in [6.07, 6.45) is 1.93. The van der Waals surface area contributed by atoms with Crippen LogP contribution >= 0.6 is 0 Å². The maximum Gasteiger partial charge on any atom is 0.492 e. The second kappa shape index (κ2) is 6.07. The van der Waals surface area contributed by atoms with E-state index in [1.165, 1.54) is 0 Å². The molecule has 0 atom stereocenters. The molecule has 0 radical (unpaired) electrons. The number of benzene rings is 1. The van der Waals surface area contributed by atoms with E-state index in [9.17, 15) is 5.11 Å². The lowest BCUT2D eigenvalue weighted by molar-refractivity contribution is 0.00578. The Hall–Kier alpha value is -1.30. The summed E-state index contributed by atoms with van der Waals surface area (Å²) in [5.41, 5.74) is 2.08. The van der Waals surface area contributed by atoms with Gasteiger partial charge in [0.1, 0.15) is 0 Å². The van der Waals surface area contributed by atoms with E-state index >= 15 is 0 Å². The highest BCUT2D eigenvalue weighted by molar-refractivity contribution is 6.55. The molecule has 1 aromatic carbocycles. The van der Waals surface area contributed by atoms with Crippen molar-refractivity contribution in [1.29, 1.82) is 0 Å². The molecule has 1 saturated heterocycles. The van der Waals surface area contributed by atoms with Gasteiger partial charge in [-0.25, -0.2) is 0 Å². The summed E-state index contributed by atoms with van der Waals surface area (Å²) in [7, 11) is 3.51. The van der Waals surface area contributed by atoms with E-state index in [1.807, 2.05) is 72.1 Å². The first-order valence-electron chi connectivity index (χ1n) is 7.60. The molecule has 1 aromatic rings. The van der Waals surface area contributed by atoms with E-state index < -0.39 is 18.3 Å². The Morgan fingerprint density at radius 2 is 1.59 bits per heavy atom. The van der Waals surface area contributed by atoms with Crippen LogP contribution in [-0.2, 0) is 9.31 Å². The van der Waals surface area contributed by atoms with Crippen LogP contribution in [0.2, 0.25) is 0 Å². The molecule has 1 fully saturated rings. The predicted octanol–water partition coefficient (Wildman–Crippen LogP) is 2.76. The summed E-state index contributed by atoms with van der Waals surface area (Å²) < 4.78 is 12.0. The molecule has 0 spiro atoms. The molecule has 0 bridgehead atoms. The molecule has 0 amide bonds. The molecule has 4 nitrogen and oxygen atoms in total. The molecular weight excluding hydrogens is 277 g/mol. The first-order valence-corrected chi connectivity index (χ1v) is 7.60. The fourth-order valence-electron chi connectivity index (χ4n) is 2.27. The normalized spacial score (nSPS) is 20.3. The fourth-order valence-corrected chi connectivity index (χ4v) is 2.27. The summed E-state index contributed by atoms with van der Waals surface area (Å²) in [6, 6.07) is 8.14. The van der Waals surface area contributed by atoms with Crippen molar-refractivity contribution in [2.45, 2.75) is 38.9 Å². The van der Waals surface area contributed by atoms with Gasteiger partial charge in [0.25, 0.3) is 0 Å². The van der Waals surface area contributed by atoms with Crippen LogP contribution in [-0.4, -0.2) is 44.1 Å². The van der Waals surface area contributed by atoms with Crippen molar-refractivity contribution in [1.82, 2.24) is 0 Å². The predicted molar refractivity (Wildman–Crippen MR) is 91.9 cm³/mol. The number of aliphatic hydroxyl groups excluding tert-OH is 1. The summed E-state index contributed by atoms with van der Waals surface area (Å²) in [6.45, 7) is 7.94. The van der Waals surface area contributed by atoms with Crippen molar-refractivity contribution in [2.75, 3.05) is 25.6 Å². The molecular formula is C17H26BNO3. The van der Waals surface area contributed by atoms with Crippen molar-refractivity contribution in [3.8, 4) is 0 Å². The number of anilines is 1. The first kappa shape index (κ1) is 17.1. The average Bonchev–Trinajstić information content (AvgIpc) is 2.65. The second-order valence-corrected chi connectivity index (χ2v) is 6.95. The summed E-state index contributed by atoms with van der Waals surface area (Å²) in [4.78, 5) is 2.05. The Balaban J connectivity index is 2.22. The van der Waals surface area contributed by atoms with Crippen molar-refractivity contribution < 1.29 is 14.4 Å². The molecule has 0 aromatic heterocycles. The van der Waals surface area contributed by atoms with E-state index in [0.29, 0.717) is 0 Å². The first-order chi connectivity index (χ1) is 10.2. The summed E-state index contributed by atoms with van der Waals surface area (Å²) in [5.74, 6) is 0. The van der Waals surface area contributed by atoms with Gasteiger partial charge in [0.15, 0.2) is 0 Å². The molecule has 0 saturated carbocycles. The van der Waals surface area contributed by atoms with Crippen LogP contribution in [0, 0.1) is 0 Å². The zero-order valence-corrected chi connectivity index (χ0v) is 14.4. The Bertz CT molecular complexity index is 534. The number of hydrogen-bond donors (Lipinski definition) is 1. The van der Waals surface area contributed by atoms with Crippen LogP contribution in [0.1, 0.15) is 33.3 Å². The van der Waals surface area contributed by atoms with E-state index in [4.69, 9.17) is 9.31 Å². The average molecular weight is 303 g/mol. The number of nitrogens with zero attached hydrogens (tertiary/aromatic N) is 1. The summed E-state index contributed by atoms with van der Waals surface area (Å²) in [5, 5.41) is 9.69. The van der Waals surface area contributed by atoms with Gasteiger partial charge in [-0.2, -0.15) is 0 Å². The minimum atomic E-state index is -0.511. The topological polar surface area (TPSA) is 41.9 Å². The molecule has 5 heteroatoms. The monoisotopic (exact) mass is 303 g/mol. The number of rotatable bonds is 4. The van der Waals surface area contributed by atoms with Gasteiger partial charge in [0.2, 0.25) is 0 Å². The lowest BCUT2D eigenvalue weighted by Gasteiger charge is -2.32. The third-order valence-electron chi connectivity index (χ3n) is 4.50. The van der Waals surface area contributed by atoms with Crippen LogP contribution in [0.3, 0.4) is 0 Å². The van der Waals surface area contributed by atoms with Gasteiger partial charge in [-0.1, -0.05) is 18.2 Å². The Morgan fingerprint density at radius 1 is 1.09 bits per heavy atom. The highest BCUT2D eigenvalue weighted by atomic mass is 16.7. The highest BCUT2D eigenvalue weighted by Crippen LogP contribution is 2.38. The van der Waals surface area contributed by atoms with Gasteiger partial charge in [-0.05, 0) is 50.9 Å². The van der Waals surface area contributed by atoms with Crippen molar-refractivity contribution in [3.05, 3.63) is 35.3 Å². The molecule has 1 aliphatic rings. The maximum atomic E-state index is 9.69. The van der Waals surface area contributed by atoms with Crippen LogP contribution in [0.5, 0.6) is 0 Å². The fraction of sp³-hybridized carbons (Fsp3) is 0.529. The SMILES string of the molecule is CN(C)c1ccc(C=C(CO)B2OC(C)(C)C(C)(C)O2)cc1. The molecule has 0 aliphatic carbocycles. The van der Waals surface area contributed by atoms with E-state index in [0.717, 1.165) is 16.7 Å². The minimum Gasteiger partial charge on any atom is -0.400 e.